The number of fused-ring (bicyclic) bond motifs is 1. The van der Waals surface area contributed by atoms with Crippen molar-refractivity contribution >= 4 is 28.3 Å². The Morgan fingerprint density at radius 3 is 2.67 bits per heavy atom. The van der Waals surface area contributed by atoms with Crippen molar-refractivity contribution in [2.24, 2.45) is 5.92 Å². The Morgan fingerprint density at radius 1 is 1.21 bits per heavy atom. The smallest absolute Gasteiger partial charge is 0.307 e. The van der Waals surface area contributed by atoms with Crippen LogP contribution in [0.2, 0.25) is 0 Å². The number of carboxylic acid groups (broad SMARTS) is 1. The van der Waals surface area contributed by atoms with Gasteiger partial charge >= 0.3 is 5.97 Å². The van der Waals surface area contributed by atoms with Crippen LogP contribution in [0, 0.1) is 5.92 Å². The molecule has 0 radical (unpaired) electrons. The number of aliphatic carboxylic acids is 1. The molecule has 1 N–H and O–H groups in total. The Labute approximate surface area is 141 Å². The second-order valence-corrected chi connectivity index (χ2v) is 6.20. The summed E-state index contributed by atoms with van der Waals surface area (Å²) in [7, 11) is 0. The number of anilines is 1. The first-order chi connectivity index (χ1) is 11.6. The van der Waals surface area contributed by atoms with Gasteiger partial charge in [-0.3, -0.25) is 14.5 Å². The highest BCUT2D eigenvalue weighted by Crippen LogP contribution is 2.27. The van der Waals surface area contributed by atoms with Crippen molar-refractivity contribution in [3.05, 3.63) is 42.5 Å². The van der Waals surface area contributed by atoms with Gasteiger partial charge in [0.1, 0.15) is 0 Å². The summed E-state index contributed by atoms with van der Waals surface area (Å²) in [6.07, 6.45) is 0.614. The van der Waals surface area contributed by atoms with Gasteiger partial charge in [0.05, 0.1) is 18.2 Å². The minimum absolute atomic E-state index is 0.0138. The molecule has 1 fully saturated rings. The molecule has 1 unspecified atom stereocenters. The molecule has 1 saturated heterocycles. The first-order valence-electron chi connectivity index (χ1n) is 8.33. The molecule has 24 heavy (non-hydrogen) atoms. The van der Waals surface area contributed by atoms with E-state index in [4.69, 9.17) is 5.11 Å². The summed E-state index contributed by atoms with van der Waals surface area (Å²) < 4.78 is 0. The van der Waals surface area contributed by atoms with Gasteiger partial charge in [0.2, 0.25) is 5.91 Å². The van der Waals surface area contributed by atoms with Gasteiger partial charge in [0.25, 0.3) is 0 Å². The van der Waals surface area contributed by atoms with E-state index in [1.807, 2.05) is 54.3 Å². The molecule has 1 atom stereocenters. The zero-order valence-corrected chi connectivity index (χ0v) is 13.8. The quantitative estimate of drug-likeness (QED) is 0.917. The van der Waals surface area contributed by atoms with Crippen LogP contribution >= 0.6 is 0 Å². The number of benzene rings is 2. The van der Waals surface area contributed by atoms with Gasteiger partial charge in [0, 0.05) is 18.5 Å². The van der Waals surface area contributed by atoms with E-state index < -0.39 is 5.97 Å². The molecule has 0 aromatic heterocycles. The first-order valence-corrected chi connectivity index (χ1v) is 8.33. The number of hydrogen-bond donors (Lipinski definition) is 1. The largest absolute Gasteiger partial charge is 0.481 e. The second-order valence-electron chi connectivity index (χ2n) is 6.20. The zero-order chi connectivity index (χ0) is 17.1. The molecule has 2 aromatic rings. The minimum Gasteiger partial charge on any atom is -0.481 e. The Bertz CT molecular complexity index is 754. The van der Waals surface area contributed by atoms with Crippen LogP contribution in [0.25, 0.3) is 10.8 Å². The topological polar surface area (TPSA) is 60.9 Å². The van der Waals surface area contributed by atoms with E-state index in [1.165, 1.54) is 0 Å². The number of nitrogens with zero attached hydrogens (tertiary/aromatic N) is 2. The number of carboxylic acids is 1. The maximum atomic E-state index is 12.8. The van der Waals surface area contributed by atoms with Crippen LogP contribution in [0.3, 0.4) is 0 Å². The lowest BCUT2D eigenvalue weighted by Crippen LogP contribution is -2.40. The zero-order valence-electron chi connectivity index (χ0n) is 13.8. The third-order valence-corrected chi connectivity index (χ3v) is 4.66. The van der Waals surface area contributed by atoms with E-state index >= 15 is 0 Å². The molecule has 3 rings (SSSR count). The van der Waals surface area contributed by atoms with Crippen molar-refractivity contribution < 1.29 is 14.7 Å². The van der Waals surface area contributed by atoms with Crippen molar-refractivity contribution in [1.82, 2.24) is 4.90 Å². The number of carbonyl (C=O) groups excluding carboxylic acids is 1. The van der Waals surface area contributed by atoms with E-state index in [9.17, 15) is 9.59 Å². The number of rotatable bonds is 5. The van der Waals surface area contributed by atoms with Crippen molar-refractivity contribution in [1.29, 1.82) is 0 Å². The normalized spacial score (nSPS) is 18.0. The predicted molar refractivity (Wildman–Crippen MR) is 94.2 cm³/mol. The van der Waals surface area contributed by atoms with Crippen LogP contribution in [0.15, 0.2) is 42.5 Å². The monoisotopic (exact) mass is 326 g/mol. The summed E-state index contributed by atoms with van der Waals surface area (Å²) in [6, 6.07) is 14.0. The molecule has 0 bridgehead atoms. The first kappa shape index (κ1) is 16.5. The lowest BCUT2D eigenvalue weighted by molar-refractivity contribution is -0.141. The SMILES string of the molecule is CCN(C(=O)CN1CCC(C(=O)O)C1)c1cccc2ccccc12. The Kier molecular flexibility index (Phi) is 4.81. The maximum absolute atomic E-state index is 12.8. The summed E-state index contributed by atoms with van der Waals surface area (Å²) in [6.45, 7) is 3.93. The molecular formula is C19H22N2O3. The van der Waals surface area contributed by atoms with Gasteiger partial charge in [-0.15, -0.1) is 0 Å². The number of likely N-dealkylation sites (N-methyl/N-ethyl adjacent to an activating group) is 1. The fraction of sp³-hybridized carbons (Fsp3) is 0.368. The van der Waals surface area contributed by atoms with Gasteiger partial charge in [-0.2, -0.15) is 0 Å². The van der Waals surface area contributed by atoms with E-state index in [2.05, 4.69) is 0 Å². The predicted octanol–water partition coefficient (Wildman–Crippen LogP) is 2.60. The number of hydrogen-bond acceptors (Lipinski definition) is 3. The van der Waals surface area contributed by atoms with Crippen molar-refractivity contribution in [3.8, 4) is 0 Å². The minimum atomic E-state index is -0.772. The van der Waals surface area contributed by atoms with Crippen LogP contribution in [0.4, 0.5) is 5.69 Å². The Hall–Kier alpha value is -2.40. The van der Waals surface area contributed by atoms with Crippen molar-refractivity contribution in [2.75, 3.05) is 31.1 Å². The fourth-order valence-corrected chi connectivity index (χ4v) is 3.38. The summed E-state index contributed by atoms with van der Waals surface area (Å²) in [5.41, 5.74) is 0.912. The van der Waals surface area contributed by atoms with E-state index in [-0.39, 0.29) is 18.4 Å². The van der Waals surface area contributed by atoms with Gasteiger partial charge in [-0.05, 0) is 31.3 Å². The highest BCUT2D eigenvalue weighted by Gasteiger charge is 2.30. The Balaban J connectivity index is 1.78. The Morgan fingerprint density at radius 2 is 1.96 bits per heavy atom. The third kappa shape index (κ3) is 3.26. The van der Waals surface area contributed by atoms with Crippen LogP contribution in [0.5, 0.6) is 0 Å². The molecule has 5 nitrogen and oxygen atoms in total. The third-order valence-electron chi connectivity index (χ3n) is 4.66. The summed E-state index contributed by atoms with van der Waals surface area (Å²) in [5.74, 6) is -1.11. The van der Waals surface area contributed by atoms with Gasteiger partial charge < -0.3 is 10.0 Å². The maximum Gasteiger partial charge on any atom is 0.307 e. The molecule has 1 aliphatic rings. The molecule has 5 heteroatoms. The van der Waals surface area contributed by atoms with Gasteiger partial charge in [-0.1, -0.05) is 36.4 Å². The van der Waals surface area contributed by atoms with E-state index in [0.717, 1.165) is 16.5 Å². The molecule has 0 spiro atoms. The molecule has 1 amide bonds. The fourth-order valence-electron chi connectivity index (χ4n) is 3.38. The molecule has 1 aliphatic heterocycles. The molecule has 0 aliphatic carbocycles. The summed E-state index contributed by atoms with van der Waals surface area (Å²) in [4.78, 5) is 27.6. The highest BCUT2D eigenvalue weighted by atomic mass is 16.4. The van der Waals surface area contributed by atoms with Crippen LogP contribution in [0.1, 0.15) is 13.3 Å². The number of likely N-dealkylation sites (tertiary alicyclic amines) is 1. The second kappa shape index (κ2) is 7.01. The summed E-state index contributed by atoms with van der Waals surface area (Å²) >= 11 is 0. The summed E-state index contributed by atoms with van der Waals surface area (Å²) in [5, 5.41) is 11.3. The van der Waals surface area contributed by atoms with E-state index in [1.54, 1.807) is 4.90 Å². The van der Waals surface area contributed by atoms with Crippen molar-refractivity contribution in [2.45, 2.75) is 13.3 Å². The molecular weight excluding hydrogens is 304 g/mol. The van der Waals surface area contributed by atoms with Crippen LogP contribution in [-0.2, 0) is 9.59 Å². The number of amides is 1. The molecule has 126 valence electrons. The van der Waals surface area contributed by atoms with E-state index in [0.29, 0.717) is 26.1 Å². The van der Waals surface area contributed by atoms with Crippen LogP contribution in [-0.4, -0.2) is 48.1 Å². The lowest BCUT2D eigenvalue weighted by Gasteiger charge is -2.25. The van der Waals surface area contributed by atoms with Gasteiger partial charge in [0.15, 0.2) is 0 Å². The standard InChI is InChI=1S/C19H22N2O3/c1-2-21(17-9-5-7-14-6-3-4-8-16(14)17)18(22)13-20-11-10-15(12-20)19(23)24/h3-9,15H,2,10-13H2,1H3,(H,23,24). The molecule has 0 saturated carbocycles. The lowest BCUT2D eigenvalue weighted by atomic mass is 10.1. The van der Waals surface area contributed by atoms with Gasteiger partial charge in [-0.25, -0.2) is 0 Å². The average Bonchev–Trinajstić information content (AvgIpc) is 3.04. The molecule has 1 heterocycles. The van der Waals surface area contributed by atoms with Crippen LogP contribution < -0.4 is 4.90 Å². The molecule has 2 aromatic carbocycles. The van der Waals surface area contributed by atoms with Crippen molar-refractivity contribution in [3.63, 3.8) is 0 Å². The number of carbonyl (C=O) groups is 2. The highest BCUT2D eigenvalue weighted by molar-refractivity contribution is 6.04. The average molecular weight is 326 g/mol.